The van der Waals surface area contributed by atoms with E-state index in [0.717, 1.165) is 12.8 Å². The van der Waals surface area contributed by atoms with Gasteiger partial charge in [0.25, 0.3) is 0 Å². The zero-order chi connectivity index (χ0) is 16.9. The molecule has 1 saturated carbocycles. The third-order valence-corrected chi connectivity index (χ3v) is 3.45. The maximum Gasteiger partial charge on any atom is 0.240 e. The maximum absolute atomic E-state index is 12.8. The number of halogens is 1. The first-order valence-corrected chi connectivity index (χ1v) is 7.76. The molecular formula is C16H19FN4O3. The summed E-state index contributed by atoms with van der Waals surface area (Å²) in [5.41, 5.74) is 0. The van der Waals surface area contributed by atoms with Crippen LogP contribution in [0.1, 0.15) is 24.6 Å². The number of aromatic nitrogens is 2. The monoisotopic (exact) mass is 334 g/mol. The van der Waals surface area contributed by atoms with Crippen LogP contribution in [-0.2, 0) is 17.9 Å². The van der Waals surface area contributed by atoms with Gasteiger partial charge in [0.05, 0.1) is 13.1 Å². The van der Waals surface area contributed by atoms with Gasteiger partial charge >= 0.3 is 0 Å². The highest BCUT2D eigenvalue weighted by atomic mass is 19.1. The fourth-order valence-electron chi connectivity index (χ4n) is 2.12. The summed E-state index contributed by atoms with van der Waals surface area (Å²) in [7, 11) is 1.81. The van der Waals surface area contributed by atoms with E-state index in [9.17, 15) is 9.18 Å². The summed E-state index contributed by atoms with van der Waals surface area (Å²) in [4.78, 5) is 17.7. The molecule has 1 aliphatic carbocycles. The lowest BCUT2D eigenvalue weighted by Crippen LogP contribution is -2.36. The fourth-order valence-corrected chi connectivity index (χ4v) is 2.12. The Morgan fingerprint density at radius 1 is 1.42 bits per heavy atom. The number of hydrogen-bond acceptors (Lipinski definition) is 6. The first-order valence-electron chi connectivity index (χ1n) is 7.76. The van der Waals surface area contributed by atoms with Gasteiger partial charge in [0.15, 0.2) is 6.61 Å². The van der Waals surface area contributed by atoms with Crippen molar-refractivity contribution in [1.82, 2.24) is 20.4 Å². The van der Waals surface area contributed by atoms with Crippen LogP contribution in [0.2, 0.25) is 0 Å². The van der Waals surface area contributed by atoms with Crippen LogP contribution in [0.3, 0.4) is 0 Å². The van der Waals surface area contributed by atoms with Crippen molar-refractivity contribution in [2.75, 3.05) is 13.6 Å². The molecule has 0 bridgehead atoms. The Hall–Kier alpha value is -2.48. The summed E-state index contributed by atoms with van der Waals surface area (Å²) < 4.78 is 23.4. The standard InChI is InChI=1S/C16H19FN4O3/c1-21(8-15(22)18-12-4-5-12)9-16-19-14(20-24-16)10-23-13-6-2-11(17)3-7-13/h2-3,6-7,12H,4-5,8-10H2,1H3,(H,18,22). The molecule has 2 aromatic rings. The molecule has 1 heterocycles. The summed E-state index contributed by atoms with van der Waals surface area (Å²) in [5, 5.41) is 6.75. The number of rotatable bonds is 8. The molecule has 0 aliphatic heterocycles. The molecule has 1 fully saturated rings. The molecule has 0 unspecified atom stereocenters. The van der Waals surface area contributed by atoms with Crippen LogP contribution in [0, 0.1) is 5.82 Å². The summed E-state index contributed by atoms with van der Waals surface area (Å²) >= 11 is 0. The van der Waals surface area contributed by atoms with Crippen molar-refractivity contribution in [2.45, 2.75) is 32.0 Å². The minimum atomic E-state index is -0.321. The number of nitrogens with zero attached hydrogens (tertiary/aromatic N) is 3. The highest BCUT2D eigenvalue weighted by Crippen LogP contribution is 2.18. The molecule has 24 heavy (non-hydrogen) atoms. The molecule has 7 nitrogen and oxygen atoms in total. The molecule has 0 radical (unpaired) electrons. The molecule has 128 valence electrons. The molecule has 0 spiro atoms. The van der Waals surface area contributed by atoms with Crippen LogP contribution in [0.15, 0.2) is 28.8 Å². The fraction of sp³-hybridized carbons (Fsp3) is 0.438. The third kappa shape index (κ3) is 5.02. The van der Waals surface area contributed by atoms with E-state index in [2.05, 4.69) is 15.5 Å². The van der Waals surface area contributed by atoms with Gasteiger partial charge in [-0.3, -0.25) is 9.69 Å². The molecular weight excluding hydrogens is 315 g/mol. The van der Waals surface area contributed by atoms with E-state index < -0.39 is 0 Å². The van der Waals surface area contributed by atoms with E-state index in [-0.39, 0.29) is 24.9 Å². The van der Waals surface area contributed by atoms with Gasteiger partial charge in [-0.2, -0.15) is 4.98 Å². The van der Waals surface area contributed by atoms with E-state index in [4.69, 9.17) is 9.26 Å². The molecule has 0 saturated heterocycles. The highest BCUT2D eigenvalue weighted by molar-refractivity contribution is 5.78. The number of nitrogens with one attached hydrogen (secondary N) is 1. The minimum Gasteiger partial charge on any atom is -0.485 e. The predicted molar refractivity (Wildman–Crippen MR) is 82.5 cm³/mol. The first kappa shape index (κ1) is 16.4. The lowest BCUT2D eigenvalue weighted by Gasteiger charge is -2.13. The van der Waals surface area contributed by atoms with Crippen molar-refractivity contribution >= 4 is 5.91 Å². The average molecular weight is 334 g/mol. The number of likely N-dealkylation sites (N-methyl/N-ethyl adjacent to an activating group) is 1. The SMILES string of the molecule is CN(CC(=O)NC1CC1)Cc1nc(COc2ccc(F)cc2)no1. The van der Waals surface area contributed by atoms with Gasteiger partial charge in [0.1, 0.15) is 11.6 Å². The van der Waals surface area contributed by atoms with Crippen LogP contribution in [0.5, 0.6) is 5.75 Å². The quantitative estimate of drug-likeness (QED) is 0.788. The van der Waals surface area contributed by atoms with Crippen molar-refractivity contribution in [3.63, 3.8) is 0 Å². The molecule has 0 atom stereocenters. The van der Waals surface area contributed by atoms with E-state index >= 15 is 0 Å². The van der Waals surface area contributed by atoms with Gasteiger partial charge < -0.3 is 14.6 Å². The molecule has 1 aliphatic rings. The summed E-state index contributed by atoms with van der Waals surface area (Å²) in [6, 6.07) is 6.05. The van der Waals surface area contributed by atoms with Crippen molar-refractivity contribution in [1.29, 1.82) is 0 Å². The number of ether oxygens (including phenoxy) is 1. The third-order valence-electron chi connectivity index (χ3n) is 3.45. The number of amides is 1. The summed E-state index contributed by atoms with van der Waals surface area (Å²) in [6.07, 6.45) is 2.13. The minimum absolute atomic E-state index is 0.000572. The van der Waals surface area contributed by atoms with Gasteiger partial charge in [-0.1, -0.05) is 5.16 Å². The highest BCUT2D eigenvalue weighted by Gasteiger charge is 2.23. The Bertz CT molecular complexity index is 685. The van der Waals surface area contributed by atoms with E-state index in [1.165, 1.54) is 24.3 Å². The lowest BCUT2D eigenvalue weighted by atomic mass is 10.3. The van der Waals surface area contributed by atoms with Gasteiger partial charge in [-0.25, -0.2) is 4.39 Å². The van der Waals surface area contributed by atoms with Crippen molar-refractivity contribution in [3.05, 3.63) is 41.8 Å². The molecule has 1 aromatic carbocycles. The smallest absolute Gasteiger partial charge is 0.240 e. The Morgan fingerprint density at radius 3 is 2.88 bits per heavy atom. The van der Waals surface area contributed by atoms with Crippen molar-refractivity contribution in [3.8, 4) is 5.75 Å². The van der Waals surface area contributed by atoms with Crippen LogP contribution in [0.25, 0.3) is 0 Å². The number of benzene rings is 1. The molecule has 1 aromatic heterocycles. The average Bonchev–Trinajstić information content (AvgIpc) is 3.23. The second-order valence-electron chi connectivity index (χ2n) is 5.86. The van der Waals surface area contributed by atoms with Gasteiger partial charge in [-0.05, 0) is 44.2 Å². The Kier molecular flexibility index (Phi) is 5.05. The zero-order valence-electron chi connectivity index (χ0n) is 13.4. The predicted octanol–water partition coefficient (Wildman–Crippen LogP) is 1.50. The Morgan fingerprint density at radius 2 is 2.17 bits per heavy atom. The van der Waals surface area contributed by atoms with Crippen molar-refractivity contribution < 1.29 is 18.4 Å². The molecule has 1 N–H and O–H groups in total. The van der Waals surface area contributed by atoms with E-state index in [1.54, 1.807) is 4.90 Å². The van der Waals surface area contributed by atoms with Crippen LogP contribution < -0.4 is 10.1 Å². The van der Waals surface area contributed by atoms with Crippen LogP contribution in [0.4, 0.5) is 4.39 Å². The molecule has 8 heteroatoms. The molecule has 3 rings (SSSR count). The van der Waals surface area contributed by atoms with Gasteiger partial charge in [-0.15, -0.1) is 0 Å². The largest absolute Gasteiger partial charge is 0.485 e. The maximum atomic E-state index is 12.8. The Balaban J connectivity index is 1.44. The number of carbonyl (C=O) groups excluding carboxylic acids is 1. The zero-order valence-corrected chi connectivity index (χ0v) is 13.4. The van der Waals surface area contributed by atoms with E-state index in [1.807, 2.05) is 7.05 Å². The second kappa shape index (κ2) is 7.39. The Labute approximate surface area is 138 Å². The number of carbonyl (C=O) groups is 1. The molecule has 1 amide bonds. The lowest BCUT2D eigenvalue weighted by molar-refractivity contribution is -0.122. The van der Waals surface area contributed by atoms with Crippen LogP contribution in [-0.4, -0.2) is 40.6 Å². The van der Waals surface area contributed by atoms with E-state index in [0.29, 0.717) is 30.1 Å². The summed E-state index contributed by atoms with van der Waals surface area (Å²) in [6.45, 7) is 0.781. The summed E-state index contributed by atoms with van der Waals surface area (Å²) in [5.74, 6) is 1.01. The van der Waals surface area contributed by atoms with Gasteiger partial charge in [0, 0.05) is 6.04 Å². The second-order valence-corrected chi connectivity index (χ2v) is 5.86. The normalized spacial score (nSPS) is 14.0. The van der Waals surface area contributed by atoms with Crippen molar-refractivity contribution in [2.24, 2.45) is 0 Å². The topological polar surface area (TPSA) is 80.5 Å². The van der Waals surface area contributed by atoms with Crippen LogP contribution >= 0.6 is 0 Å². The number of hydrogen-bond donors (Lipinski definition) is 1. The first-order chi connectivity index (χ1) is 11.6. The van der Waals surface area contributed by atoms with Gasteiger partial charge in [0.2, 0.25) is 17.6 Å².